The van der Waals surface area contributed by atoms with Gasteiger partial charge >= 0.3 is 6.09 Å². The molecule has 0 spiro atoms. The highest BCUT2D eigenvalue weighted by atomic mass is 19.1. The van der Waals surface area contributed by atoms with Crippen LogP contribution in [-0.4, -0.2) is 36.0 Å². The monoisotopic (exact) mass is 307 g/mol. The van der Waals surface area contributed by atoms with E-state index in [0.717, 1.165) is 11.8 Å². The lowest BCUT2D eigenvalue weighted by Crippen LogP contribution is -2.47. The standard InChI is InChI=1S/C17H22FNO3/c1-16(2,3)22-15(21)19-10-8-17(12-20,9-11-19)13-4-6-14(18)7-5-13/h4-7,12H,8-11H2,1-3H3. The van der Waals surface area contributed by atoms with Gasteiger partial charge < -0.3 is 14.4 Å². The van der Waals surface area contributed by atoms with Crippen LogP contribution in [0.15, 0.2) is 24.3 Å². The van der Waals surface area contributed by atoms with Crippen LogP contribution in [0.2, 0.25) is 0 Å². The zero-order chi connectivity index (χ0) is 16.4. The largest absolute Gasteiger partial charge is 0.444 e. The van der Waals surface area contributed by atoms with E-state index in [1.807, 2.05) is 20.8 Å². The molecule has 1 aromatic carbocycles. The average molecular weight is 307 g/mol. The van der Waals surface area contributed by atoms with E-state index < -0.39 is 11.0 Å². The Morgan fingerprint density at radius 2 is 1.77 bits per heavy atom. The quantitative estimate of drug-likeness (QED) is 0.788. The fraction of sp³-hybridized carbons (Fsp3) is 0.529. The van der Waals surface area contributed by atoms with E-state index >= 15 is 0 Å². The predicted octanol–water partition coefficient (Wildman–Crippen LogP) is 3.29. The van der Waals surface area contributed by atoms with E-state index in [1.165, 1.54) is 12.1 Å². The molecule has 0 unspecified atom stereocenters. The van der Waals surface area contributed by atoms with Crippen LogP contribution in [0.3, 0.4) is 0 Å². The summed E-state index contributed by atoms with van der Waals surface area (Å²) in [4.78, 5) is 25.3. The highest BCUT2D eigenvalue weighted by molar-refractivity contribution is 5.72. The molecule has 0 bridgehead atoms. The molecule has 0 N–H and O–H groups in total. The van der Waals surface area contributed by atoms with Gasteiger partial charge in [0, 0.05) is 13.1 Å². The van der Waals surface area contributed by atoms with Crippen LogP contribution >= 0.6 is 0 Å². The Bertz CT molecular complexity index is 540. The van der Waals surface area contributed by atoms with Gasteiger partial charge in [0.25, 0.3) is 0 Å². The van der Waals surface area contributed by atoms with Crippen LogP contribution < -0.4 is 0 Å². The van der Waals surface area contributed by atoms with E-state index in [-0.39, 0.29) is 11.9 Å². The van der Waals surface area contributed by atoms with E-state index in [2.05, 4.69) is 0 Å². The molecular weight excluding hydrogens is 285 g/mol. The first-order valence-corrected chi connectivity index (χ1v) is 7.46. The first-order chi connectivity index (χ1) is 10.3. The van der Waals surface area contributed by atoms with Gasteiger partial charge in [-0.15, -0.1) is 0 Å². The molecule has 0 aromatic heterocycles. The van der Waals surface area contributed by atoms with Crippen molar-refractivity contribution in [3.63, 3.8) is 0 Å². The minimum atomic E-state index is -0.647. The Hall–Kier alpha value is -1.91. The molecule has 1 aromatic rings. The maximum Gasteiger partial charge on any atom is 0.410 e. The number of carbonyl (C=O) groups is 2. The fourth-order valence-electron chi connectivity index (χ4n) is 2.67. The second-order valence-electron chi connectivity index (χ2n) is 6.75. The molecule has 0 saturated carbocycles. The summed E-state index contributed by atoms with van der Waals surface area (Å²) in [5, 5.41) is 0. The van der Waals surface area contributed by atoms with E-state index in [4.69, 9.17) is 4.74 Å². The van der Waals surface area contributed by atoms with Crippen molar-refractivity contribution < 1.29 is 18.7 Å². The molecule has 22 heavy (non-hydrogen) atoms. The second-order valence-corrected chi connectivity index (χ2v) is 6.75. The highest BCUT2D eigenvalue weighted by Gasteiger charge is 2.38. The van der Waals surface area contributed by atoms with Crippen molar-refractivity contribution in [3.05, 3.63) is 35.6 Å². The summed E-state index contributed by atoms with van der Waals surface area (Å²) in [6.07, 6.45) is 1.60. The zero-order valence-corrected chi connectivity index (χ0v) is 13.3. The summed E-state index contributed by atoms with van der Waals surface area (Å²) < 4.78 is 18.4. The number of amides is 1. The molecule has 0 aliphatic carbocycles. The number of likely N-dealkylation sites (tertiary alicyclic amines) is 1. The van der Waals surface area contributed by atoms with Gasteiger partial charge in [-0.1, -0.05) is 12.1 Å². The van der Waals surface area contributed by atoms with Crippen molar-refractivity contribution in [1.29, 1.82) is 0 Å². The van der Waals surface area contributed by atoms with Gasteiger partial charge in [0.05, 0.1) is 5.41 Å². The predicted molar refractivity (Wildman–Crippen MR) is 81.2 cm³/mol. The van der Waals surface area contributed by atoms with Gasteiger partial charge in [0.2, 0.25) is 0 Å². The molecule has 1 fully saturated rings. The molecule has 1 amide bonds. The molecule has 0 atom stereocenters. The third-order valence-corrected chi connectivity index (χ3v) is 3.95. The summed E-state index contributed by atoms with van der Waals surface area (Å²) in [6.45, 7) is 6.37. The van der Waals surface area contributed by atoms with Crippen molar-refractivity contribution in [2.75, 3.05) is 13.1 Å². The average Bonchev–Trinajstić information content (AvgIpc) is 2.46. The molecule has 1 heterocycles. The molecule has 1 aliphatic heterocycles. The molecule has 1 saturated heterocycles. The van der Waals surface area contributed by atoms with E-state index in [0.29, 0.717) is 25.9 Å². The number of carbonyl (C=O) groups excluding carboxylic acids is 2. The first-order valence-electron chi connectivity index (χ1n) is 7.46. The van der Waals surface area contributed by atoms with Crippen LogP contribution in [0.1, 0.15) is 39.2 Å². The Morgan fingerprint density at radius 1 is 1.23 bits per heavy atom. The van der Waals surface area contributed by atoms with Crippen molar-refractivity contribution in [1.82, 2.24) is 4.90 Å². The second kappa shape index (κ2) is 6.07. The number of ether oxygens (including phenoxy) is 1. The highest BCUT2D eigenvalue weighted by Crippen LogP contribution is 2.34. The summed E-state index contributed by atoms with van der Waals surface area (Å²) in [6, 6.07) is 6.02. The van der Waals surface area contributed by atoms with Gasteiger partial charge in [0.1, 0.15) is 17.7 Å². The Balaban J connectivity index is 2.07. The van der Waals surface area contributed by atoms with Crippen molar-refractivity contribution in [3.8, 4) is 0 Å². The van der Waals surface area contributed by atoms with Gasteiger partial charge in [-0.25, -0.2) is 9.18 Å². The lowest BCUT2D eigenvalue weighted by molar-refractivity contribution is -0.114. The third-order valence-electron chi connectivity index (χ3n) is 3.95. The first kappa shape index (κ1) is 16.5. The summed E-state index contributed by atoms with van der Waals surface area (Å²) in [7, 11) is 0. The third kappa shape index (κ3) is 3.64. The molecular formula is C17H22FNO3. The summed E-state index contributed by atoms with van der Waals surface area (Å²) >= 11 is 0. The minimum absolute atomic E-state index is 0.323. The fourth-order valence-corrected chi connectivity index (χ4v) is 2.67. The molecule has 120 valence electrons. The zero-order valence-electron chi connectivity index (χ0n) is 13.3. The number of piperidine rings is 1. The Morgan fingerprint density at radius 3 is 2.23 bits per heavy atom. The van der Waals surface area contributed by atoms with Crippen LogP contribution in [-0.2, 0) is 14.9 Å². The minimum Gasteiger partial charge on any atom is -0.444 e. The maximum atomic E-state index is 13.1. The van der Waals surface area contributed by atoms with Gasteiger partial charge in [0.15, 0.2) is 0 Å². The molecule has 1 aliphatic rings. The van der Waals surface area contributed by atoms with Crippen LogP contribution in [0.25, 0.3) is 0 Å². The summed E-state index contributed by atoms with van der Waals surface area (Å²) in [5.41, 5.74) is -0.382. The SMILES string of the molecule is CC(C)(C)OC(=O)N1CCC(C=O)(c2ccc(F)cc2)CC1. The lowest BCUT2D eigenvalue weighted by atomic mass is 9.74. The van der Waals surface area contributed by atoms with Gasteiger partial charge in [-0.2, -0.15) is 0 Å². The number of benzene rings is 1. The van der Waals surface area contributed by atoms with Gasteiger partial charge in [-0.3, -0.25) is 0 Å². The smallest absolute Gasteiger partial charge is 0.410 e. The number of halogens is 1. The maximum absolute atomic E-state index is 13.1. The normalized spacial score (nSPS) is 17.9. The Labute approximate surface area is 130 Å². The van der Waals surface area contributed by atoms with Crippen LogP contribution in [0.5, 0.6) is 0 Å². The van der Waals surface area contributed by atoms with Crippen LogP contribution in [0.4, 0.5) is 9.18 Å². The van der Waals surface area contributed by atoms with Crippen molar-refractivity contribution in [2.45, 2.75) is 44.6 Å². The number of aldehydes is 1. The number of rotatable bonds is 2. The van der Waals surface area contributed by atoms with E-state index in [9.17, 15) is 14.0 Å². The molecule has 2 rings (SSSR count). The van der Waals surface area contributed by atoms with Crippen molar-refractivity contribution in [2.24, 2.45) is 0 Å². The van der Waals surface area contributed by atoms with E-state index in [1.54, 1.807) is 17.0 Å². The van der Waals surface area contributed by atoms with Crippen LogP contribution in [0, 0.1) is 5.82 Å². The number of hydrogen-bond donors (Lipinski definition) is 0. The Kier molecular flexibility index (Phi) is 4.54. The summed E-state index contributed by atoms with van der Waals surface area (Å²) in [5.74, 6) is -0.323. The molecule has 4 nitrogen and oxygen atoms in total. The molecule has 5 heteroatoms. The number of nitrogens with zero attached hydrogens (tertiary/aromatic N) is 1. The van der Waals surface area contributed by atoms with Gasteiger partial charge in [-0.05, 0) is 51.3 Å². The number of hydrogen-bond acceptors (Lipinski definition) is 3. The van der Waals surface area contributed by atoms with Crippen molar-refractivity contribution >= 4 is 12.4 Å². The molecule has 0 radical (unpaired) electrons. The lowest BCUT2D eigenvalue weighted by Gasteiger charge is -2.39. The topological polar surface area (TPSA) is 46.6 Å².